The summed E-state index contributed by atoms with van der Waals surface area (Å²) in [5.41, 5.74) is 3.38. The normalized spacial score (nSPS) is 15.9. The lowest BCUT2D eigenvalue weighted by molar-refractivity contribution is -0.117. The van der Waals surface area contributed by atoms with Crippen LogP contribution in [0.15, 0.2) is 60.8 Å². The van der Waals surface area contributed by atoms with E-state index in [2.05, 4.69) is 44.8 Å². The highest BCUT2D eigenvalue weighted by atomic mass is 16.2. The smallest absolute Gasteiger partial charge is 0.238 e. The topological polar surface area (TPSA) is 60.2 Å². The minimum atomic E-state index is 0.0618. The molecule has 27 heavy (non-hydrogen) atoms. The molecule has 1 fully saturated rings. The summed E-state index contributed by atoms with van der Waals surface area (Å²) in [5.74, 6) is 0.0618. The van der Waals surface area contributed by atoms with Crippen molar-refractivity contribution in [1.29, 1.82) is 0 Å². The predicted molar refractivity (Wildman–Crippen MR) is 110 cm³/mol. The Balaban J connectivity index is 1.22. The molecule has 1 saturated heterocycles. The summed E-state index contributed by atoms with van der Waals surface area (Å²) < 4.78 is 0. The first-order valence-corrected chi connectivity index (χ1v) is 9.63. The number of hydrogen-bond acceptors (Lipinski definition) is 3. The second kappa shape index (κ2) is 8.37. The number of likely N-dealkylation sites (tertiary alicyclic amines) is 1. The van der Waals surface area contributed by atoms with Crippen LogP contribution in [0.3, 0.4) is 0 Å². The van der Waals surface area contributed by atoms with Crippen LogP contribution in [0, 0.1) is 0 Å². The number of nitrogens with one attached hydrogen (secondary N) is 3. The minimum absolute atomic E-state index is 0.0618. The molecule has 2 aromatic carbocycles. The third-order valence-corrected chi connectivity index (χ3v) is 5.28. The quantitative estimate of drug-likeness (QED) is 0.630. The van der Waals surface area contributed by atoms with Gasteiger partial charge in [-0.15, -0.1) is 0 Å². The molecule has 1 amide bonds. The molecule has 1 aliphatic rings. The van der Waals surface area contributed by atoms with Crippen LogP contribution < -0.4 is 10.6 Å². The predicted octanol–water partition coefficient (Wildman–Crippen LogP) is 3.36. The molecule has 3 aromatic rings. The van der Waals surface area contributed by atoms with Gasteiger partial charge in [0.2, 0.25) is 5.91 Å². The fourth-order valence-corrected chi connectivity index (χ4v) is 3.78. The van der Waals surface area contributed by atoms with E-state index >= 15 is 0 Å². The molecular formula is C22H26N4O. The molecule has 5 nitrogen and oxygen atoms in total. The van der Waals surface area contributed by atoms with E-state index in [1.807, 2.05) is 36.5 Å². The minimum Gasteiger partial charge on any atom is -0.361 e. The maximum Gasteiger partial charge on any atom is 0.238 e. The summed E-state index contributed by atoms with van der Waals surface area (Å²) in [4.78, 5) is 17.7. The van der Waals surface area contributed by atoms with Gasteiger partial charge in [0.1, 0.15) is 0 Å². The molecule has 0 bridgehead atoms. The average Bonchev–Trinajstić information content (AvgIpc) is 3.17. The zero-order valence-corrected chi connectivity index (χ0v) is 15.4. The van der Waals surface area contributed by atoms with Gasteiger partial charge < -0.3 is 15.6 Å². The van der Waals surface area contributed by atoms with Crippen LogP contribution in [-0.4, -0.2) is 41.5 Å². The van der Waals surface area contributed by atoms with Crippen LogP contribution >= 0.6 is 0 Å². The number of carbonyl (C=O) groups is 1. The number of anilines is 1. The number of piperidine rings is 1. The first kappa shape index (κ1) is 17.8. The highest BCUT2D eigenvalue weighted by molar-refractivity contribution is 5.92. The zero-order chi connectivity index (χ0) is 18.5. The van der Waals surface area contributed by atoms with E-state index in [0.29, 0.717) is 12.6 Å². The summed E-state index contributed by atoms with van der Waals surface area (Å²) in [6.45, 7) is 3.25. The molecular weight excluding hydrogens is 336 g/mol. The molecule has 0 atom stereocenters. The zero-order valence-electron chi connectivity index (χ0n) is 15.4. The van der Waals surface area contributed by atoms with E-state index in [4.69, 9.17) is 0 Å². The maximum atomic E-state index is 12.2. The summed E-state index contributed by atoms with van der Waals surface area (Å²) in [7, 11) is 0. The molecule has 3 N–H and O–H groups in total. The fourth-order valence-electron chi connectivity index (χ4n) is 3.78. The number of H-pyrrole nitrogens is 1. The van der Waals surface area contributed by atoms with E-state index in [0.717, 1.165) is 38.2 Å². The van der Waals surface area contributed by atoms with E-state index < -0.39 is 0 Å². The standard InChI is InChI=1S/C22H26N4O/c27-22(25-19-6-2-1-3-7-19)16-26-13-10-18(11-14-26)24-15-17-5-4-8-21-20(17)9-12-23-21/h1-9,12,18,23-24H,10-11,13-16H2,(H,25,27). The highest BCUT2D eigenvalue weighted by Crippen LogP contribution is 2.18. The molecule has 140 valence electrons. The number of fused-ring (bicyclic) bond motifs is 1. The van der Waals surface area contributed by atoms with E-state index in [-0.39, 0.29) is 5.91 Å². The van der Waals surface area contributed by atoms with Gasteiger partial charge in [-0.05, 0) is 42.7 Å². The third kappa shape index (κ3) is 4.56. The molecule has 0 radical (unpaired) electrons. The Labute approximate surface area is 159 Å². The monoisotopic (exact) mass is 362 g/mol. The second-order valence-corrected chi connectivity index (χ2v) is 7.20. The van der Waals surface area contributed by atoms with Gasteiger partial charge in [-0.25, -0.2) is 0 Å². The molecule has 0 aliphatic carbocycles. The van der Waals surface area contributed by atoms with Gasteiger partial charge in [0.15, 0.2) is 0 Å². The number of nitrogens with zero attached hydrogens (tertiary/aromatic N) is 1. The van der Waals surface area contributed by atoms with Crippen molar-refractivity contribution in [2.45, 2.75) is 25.4 Å². The van der Waals surface area contributed by atoms with E-state index in [9.17, 15) is 4.79 Å². The first-order chi connectivity index (χ1) is 13.3. The number of aromatic amines is 1. The fraction of sp³-hybridized carbons (Fsp3) is 0.318. The lowest BCUT2D eigenvalue weighted by atomic mass is 10.0. The second-order valence-electron chi connectivity index (χ2n) is 7.20. The first-order valence-electron chi connectivity index (χ1n) is 9.63. The van der Waals surface area contributed by atoms with Gasteiger partial charge in [-0.1, -0.05) is 30.3 Å². The largest absolute Gasteiger partial charge is 0.361 e. The van der Waals surface area contributed by atoms with Crippen LogP contribution in [-0.2, 0) is 11.3 Å². The van der Waals surface area contributed by atoms with Crippen molar-refractivity contribution in [3.63, 3.8) is 0 Å². The third-order valence-electron chi connectivity index (χ3n) is 5.28. The molecule has 5 heteroatoms. The van der Waals surface area contributed by atoms with Gasteiger partial charge in [0.05, 0.1) is 6.54 Å². The number of aromatic nitrogens is 1. The van der Waals surface area contributed by atoms with Crippen LogP contribution in [0.4, 0.5) is 5.69 Å². The van der Waals surface area contributed by atoms with Gasteiger partial charge in [0, 0.05) is 48.5 Å². The average molecular weight is 362 g/mol. The SMILES string of the molecule is O=C(CN1CCC(NCc2cccc3[nH]ccc23)CC1)Nc1ccccc1. The summed E-state index contributed by atoms with van der Waals surface area (Å²) in [6, 6.07) is 18.7. The van der Waals surface area contributed by atoms with Gasteiger partial charge in [0.25, 0.3) is 0 Å². The molecule has 1 aromatic heterocycles. The number of amides is 1. The van der Waals surface area contributed by atoms with Crippen LogP contribution in [0.2, 0.25) is 0 Å². The van der Waals surface area contributed by atoms with Crippen LogP contribution in [0.25, 0.3) is 10.9 Å². The lowest BCUT2D eigenvalue weighted by Crippen LogP contribution is -2.44. The molecule has 4 rings (SSSR count). The number of para-hydroxylation sites is 1. The van der Waals surface area contributed by atoms with Crippen molar-refractivity contribution in [2.75, 3.05) is 25.0 Å². The lowest BCUT2D eigenvalue weighted by Gasteiger charge is -2.32. The molecule has 0 spiro atoms. The molecule has 0 saturated carbocycles. The van der Waals surface area contributed by atoms with Crippen molar-refractivity contribution < 1.29 is 4.79 Å². The van der Waals surface area contributed by atoms with Crippen molar-refractivity contribution in [2.24, 2.45) is 0 Å². The van der Waals surface area contributed by atoms with Gasteiger partial charge in [-0.3, -0.25) is 9.69 Å². The molecule has 2 heterocycles. The number of carbonyl (C=O) groups excluding carboxylic acids is 1. The Bertz CT molecular complexity index is 881. The van der Waals surface area contributed by atoms with Crippen LogP contribution in [0.1, 0.15) is 18.4 Å². The van der Waals surface area contributed by atoms with Gasteiger partial charge in [-0.2, -0.15) is 0 Å². The Kier molecular flexibility index (Phi) is 5.51. The Morgan fingerprint density at radius 2 is 1.85 bits per heavy atom. The molecule has 1 aliphatic heterocycles. The Morgan fingerprint density at radius 3 is 2.67 bits per heavy atom. The van der Waals surface area contributed by atoms with Crippen LogP contribution in [0.5, 0.6) is 0 Å². The van der Waals surface area contributed by atoms with Crippen molar-refractivity contribution >= 4 is 22.5 Å². The summed E-state index contributed by atoms with van der Waals surface area (Å²) in [5, 5.41) is 7.95. The van der Waals surface area contributed by atoms with Crippen molar-refractivity contribution in [3.8, 4) is 0 Å². The van der Waals surface area contributed by atoms with Gasteiger partial charge >= 0.3 is 0 Å². The Hall–Kier alpha value is -2.63. The van der Waals surface area contributed by atoms with E-state index in [1.165, 1.54) is 16.5 Å². The Morgan fingerprint density at radius 1 is 1.04 bits per heavy atom. The highest BCUT2D eigenvalue weighted by Gasteiger charge is 2.20. The van der Waals surface area contributed by atoms with E-state index in [1.54, 1.807) is 0 Å². The van der Waals surface area contributed by atoms with Crippen molar-refractivity contribution in [1.82, 2.24) is 15.2 Å². The number of hydrogen-bond donors (Lipinski definition) is 3. The summed E-state index contributed by atoms with van der Waals surface area (Å²) in [6.07, 6.45) is 4.14. The van der Waals surface area contributed by atoms with Crippen molar-refractivity contribution in [3.05, 3.63) is 66.4 Å². The summed E-state index contributed by atoms with van der Waals surface area (Å²) >= 11 is 0. The molecule has 0 unspecified atom stereocenters. The maximum absolute atomic E-state index is 12.2. The number of benzene rings is 2. The number of rotatable bonds is 6.